The van der Waals surface area contributed by atoms with Crippen LogP contribution in [0.4, 0.5) is 0 Å². The van der Waals surface area contributed by atoms with Crippen LogP contribution in [0, 0.1) is 0 Å². The second kappa shape index (κ2) is 7.41. The molecule has 0 aromatic heterocycles. The summed E-state index contributed by atoms with van der Waals surface area (Å²) in [7, 11) is 1.44. The molecule has 4 nitrogen and oxygen atoms in total. The second-order valence-corrected chi connectivity index (χ2v) is 5.23. The molecule has 110 valence electrons. The fourth-order valence-electron chi connectivity index (χ4n) is 2.54. The Hall–Kier alpha value is -1.39. The first-order chi connectivity index (χ1) is 9.70. The van der Waals surface area contributed by atoms with Crippen LogP contribution in [0.25, 0.3) is 0 Å². The van der Waals surface area contributed by atoms with E-state index in [1.54, 1.807) is 0 Å². The van der Waals surface area contributed by atoms with Crippen LogP contribution in [0.2, 0.25) is 0 Å². The lowest BCUT2D eigenvalue weighted by molar-refractivity contribution is -0.147. The first-order valence-electron chi connectivity index (χ1n) is 7.18. The minimum atomic E-state index is -0.159. The Morgan fingerprint density at radius 1 is 1.30 bits per heavy atom. The lowest BCUT2D eigenvalue weighted by Crippen LogP contribution is -2.45. The molecule has 0 amide bonds. The molecule has 0 N–H and O–H groups in total. The highest BCUT2D eigenvalue weighted by atomic mass is 16.5. The fourth-order valence-corrected chi connectivity index (χ4v) is 2.54. The van der Waals surface area contributed by atoms with Gasteiger partial charge < -0.3 is 9.47 Å². The van der Waals surface area contributed by atoms with Crippen LogP contribution in [0.1, 0.15) is 25.3 Å². The van der Waals surface area contributed by atoms with Gasteiger partial charge in [-0.15, -0.1) is 0 Å². The maximum Gasteiger partial charge on any atom is 0.322 e. The van der Waals surface area contributed by atoms with Gasteiger partial charge in [-0.25, -0.2) is 0 Å². The smallest absolute Gasteiger partial charge is 0.322 e. The van der Waals surface area contributed by atoms with Gasteiger partial charge in [-0.3, -0.25) is 9.69 Å². The lowest BCUT2D eigenvalue weighted by atomic mass is 10.1. The van der Waals surface area contributed by atoms with Crippen molar-refractivity contribution in [2.75, 3.05) is 20.2 Å². The van der Waals surface area contributed by atoms with E-state index in [1.165, 1.54) is 12.7 Å². The number of rotatable bonds is 5. The van der Waals surface area contributed by atoms with E-state index in [-0.39, 0.29) is 18.1 Å². The zero-order valence-corrected chi connectivity index (χ0v) is 12.2. The summed E-state index contributed by atoms with van der Waals surface area (Å²) in [4.78, 5) is 13.7. The summed E-state index contributed by atoms with van der Waals surface area (Å²) in [5.74, 6) is -0.159. The van der Waals surface area contributed by atoms with Crippen LogP contribution >= 0.6 is 0 Å². The molecule has 1 aliphatic rings. The molecule has 0 spiro atoms. The summed E-state index contributed by atoms with van der Waals surface area (Å²) >= 11 is 0. The van der Waals surface area contributed by atoms with Crippen molar-refractivity contribution in [1.29, 1.82) is 0 Å². The molecule has 1 saturated heterocycles. The summed E-state index contributed by atoms with van der Waals surface area (Å²) in [6.07, 6.45) is 2.22. The number of hydrogen-bond acceptors (Lipinski definition) is 4. The average molecular weight is 277 g/mol. The van der Waals surface area contributed by atoms with Gasteiger partial charge >= 0.3 is 5.97 Å². The normalized spacial score (nSPS) is 18.7. The number of carbonyl (C=O) groups is 1. The Morgan fingerprint density at radius 2 is 1.95 bits per heavy atom. The van der Waals surface area contributed by atoms with Crippen LogP contribution in [0.5, 0.6) is 0 Å². The highest BCUT2D eigenvalue weighted by molar-refractivity contribution is 5.75. The predicted octanol–water partition coefficient (Wildman–Crippen LogP) is 2.23. The van der Waals surface area contributed by atoms with E-state index in [0.29, 0.717) is 6.61 Å². The third kappa shape index (κ3) is 4.05. The van der Waals surface area contributed by atoms with Crippen molar-refractivity contribution in [2.24, 2.45) is 0 Å². The molecule has 1 unspecified atom stereocenters. The Morgan fingerprint density at radius 3 is 2.55 bits per heavy atom. The Bertz CT molecular complexity index is 413. The van der Waals surface area contributed by atoms with E-state index in [1.807, 2.05) is 25.1 Å². The number of ether oxygens (including phenoxy) is 2. The molecular weight excluding hydrogens is 254 g/mol. The summed E-state index contributed by atoms with van der Waals surface area (Å²) < 4.78 is 10.7. The summed E-state index contributed by atoms with van der Waals surface area (Å²) in [6, 6.07) is 10.1. The van der Waals surface area contributed by atoms with Crippen molar-refractivity contribution < 1.29 is 14.3 Å². The molecule has 0 saturated carbocycles. The maximum atomic E-state index is 11.5. The fraction of sp³-hybridized carbons (Fsp3) is 0.562. The SMILES string of the molecule is COC(=O)C(C)N1CCC(OCc2ccccc2)CC1. The van der Waals surface area contributed by atoms with E-state index in [0.717, 1.165) is 25.9 Å². The number of benzene rings is 1. The first-order valence-corrected chi connectivity index (χ1v) is 7.18. The topological polar surface area (TPSA) is 38.8 Å². The highest BCUT2D eigenvalue weighted by Gasteiger charge is 2.27. The standard InChI is InChI=1S/C16H23NO3/c1-13(16(18)19-2)17-10-8-15(9-11-17)20-12-14-6-4-3-5-7-14/h3-7,13,15H,8-12H2,1-2H3. The van der Waals surface area contributed by atoms with Crippen LogP contribution in [0.15, 0.2) is 30.3 Å². The zero-order chi connectivity index (χ0) is 14.4. The molecule has 20 heavy (non-hydrogen) atoms. The molecule has 1 atom stereocenters. The van der Waals surface area contributed by atoms with Gasteiger partial charge in [0.15, 0.2) is 0 Å². The Balaban J connectivity index is 1.73. The third-order valence-electron chi connectivity index (χ3n) is 3.90. The summed E-state index contributed by atoms with van der Waals surface area (Å²) in [5.41, 5.74) is 1.21. The van der Waals surface area contributed by atoms with Crippen molar-refractivity contribution in [1.82, 2.24) is 4.90 Å². The van der Waals surface area contributed by atoms with Crippen molar-refractivity contribution >= 4 is 5.97 Å². The number of methoxy groups -OCH3 is 1. The molecule has 1 aromatic carbocycles. The molecule has 2 rings (SSSR count). The second-order valence-electron chi connectivity index (χ2n) is 5.23. The molecular formula is C16H23NO3. The number of piperidine rings is 1. The number of likely N-dealkylation sites (tertiary alicyclic amines) is 1. The average Bonchev–Trinajstić information content (AvgIpc) is 2.53. The predicted molar refractivity (Wildman–Crippen MR) is 77.3 cm³/mol. The highest BCUT2D eigenvalue weighted by Crippen LogP contribution is 2.17. The van der Waals surface area contributed by atoms with Gasteiger partial charge in [0.25, 0.3) is 0 Å². The summed E-state index contributed by atoms with van der Waals surface area (Å²) in [6.45, 7) is 4.33. The third-order valence-corrected chi connectivity index (χ3v) is 3.90. The van der Waals surface area contributed by atoms with Gasteiger partial charge in [-0.2, -0.15) is 0 Å². The largest absolute Gasteiger partial charge is 0.468 e. The van der Waals surface area contributed by atoms with Crippen molar-refractivity contribution in [2.45, 2.75) is 38.5 Å². The van der Waals surface area contributed by atoms with E-state index >= 15 is 0 Å². The van der Waals surface area contributed by atoms with Gasteiger partial charge in [-0.05, 0) is 25.3 Å². The molecule has 4 heteroatoms. The van der Waals surface area contributed by atoms with Crippen molar-refractivity contribution in [3.05, 3.63) is 35.9 Å². The van der Waals surface area contributed by atoms with Crippen LogP contribution in [-0.4, -0.2) is 43.2 Å². The van der Waals surface area contributed by atoms with E-state index < -0.39 is 0 Å². The van der Waals surface area contributed by atoms with Gasteiger partial charge in [0.1, 0.15) is 6.04 Å². The number of esters is 1. The van der Waals surface area contributed by atoms with E-state index in [9.17, 15) is 4.79 Å². The molecule has 1 aromatic rings. The Kier molecular flexibility index (Phi) is 5.56. The van der Waals surface area contributed by atoms with Gasteiger partial charge in [0.2, 0.25) is 0 Å². The minimum absolute atomic E-state index is 0.157. The lowest BCUT2D eigenvalue weighted by Gasteiger charge is -2.34. The minimum Gasteiger partial charge on any atom is -0.468 e. The molecule has 1 aliphatic heterocycles. The van der Waals surface area contributed by atoms with Crippen LogP contribution in [-0.2, 0) is 20.9 Å². The maximum absolute atomic E-state index is 11.5. The van der Waals surface area contributed by atoms with Gasteiger partial charge in [0, 0.05) is 13.1 Å². The van der Waals surface area contributed by atoms with E-state index in [4.69, 9.17) is 9.47 Å². The van der Waals surface area contributed by atoms with Gasteiger partial charge in [-0.1, -0.05) is 30.3 Å². The number of hydrogen-bond donors (Lipinski definition) is 0. The van der Waals surface area contributed by atoms with Gasteiger partial charge in [0.05, 0.1) is 19.8 Å². The molecule has 1 fully saturated rings. The molecule has 0 aliphatic carbocycles. The molecule has 1 heterocycles. The van der Waals surface area contributed by atoms with Crippen LogP contribution in [0.3, 0.4) is 0 Å². The zero-order valence-electron chi connectivity index (χ0n) is 12.2. The molecule has 0 bridgehead atoms. The van der Waals surface area contributed by atoms with E-state index in [2.05, 4.69) is 17.0 Å². The Labute approximate surface area is 120 Å². The first kappa shape index (κ1) is 15.0. The van der Waals surface area contributed by atoms with Crippen LogP contribution < -0.4 is 0 Å². The molecule has 0 radical (unpaired) electrons. The van der Waals surface area contributed by atoms with Crippen molar-refractivity contribution in [3.63, 3.8) is 0 Å². The monoisotopic (exact) mass is 277 g/mol. The summed E-state index contributed by atoms with van der Waals surface area (Å²) in [5, 5.41) is 0. The quantitative estimate of drug-likeness (QED) is 0.774. The number of nitrogens with zero attached hydrogens (tertiary/aromatic N) is 1. The van der Waals surface area contributed by atoms with Crippen molar-refractivity contribution in [3.8, 4) is 0 Å². The number of carbonyl (C=O) groups excluding carboxylic acids is 1.